The van der Waals surface area contributed by atoms with Gasteiger partial charge >= 0.3 is 0 Å². The van der Waals surface area contributed by atoms with Gasteiger partial charge in [0.1, 0.15) is 18.3 Å². The predicted octanol–water partition coefficient (Wildman–Crippen LogP) is 3.45. The van der Waals surface area contributed by atoms with Gasteiger partial charge in [0.15, 0.2) is 0 Å². The molecule has 34 heavy (non-hydrogen) atoms. The summed E-state index contributed by atoms with van der Waals surface area (Å²) in [5.41, 5.74) is 1.07. The molecular formula is C24H32ClN3O5S. The number of ether oxygens (including phenoxy) is 1. The summed E-state index contributed by atoms with van der Waals surface area (Å²) in [4.78, 5) is 27.9. The molecule has 0 aliphatic heterocycles. The Bertz CT molecular complexity index is 1080. The number of amides is 2. The number of sulfonamides is 1. The maximum absolute atomic E-state index is 13.6. The highest BCUT2D eigenvalue weighted by molar-refractivity contribution is 7.92. The zero-order chi connectivity index (χ0) is 25.3. The smallest absolute Gasteiger partial charge is 0.244 e. The molecule has 0 radical (unpaired) electrons. The monoisotopic (exact) mass is 509 g/mol. The molecule has 0 aromatic heterocycles. The molecule has 2 aromatic carbocycles. The zero-order valence-electron chi connectivity index (χ0n) is 20.0. The molecule has 0 heterocycles. The number of rotatable bonds is 12. The van der Waals surface area contributed by atoms with Crippen LogP contribution in [0.25, 0.3) is 0 Å². The van der Waals surface area contributed by atoms with Crippen LogP contribution in [-0.4, -0.2) is 57.6 Å². The Morgan fingerprint density at radius 3 is 2.35 bits per heavy atom. The maximum Gasteiger partial charge on any atom is 0.244 e. The topological polar surface area (TPSA) is 96.0 Å². The molecule has 0 aliphatic carbocycles. The van der Waals surface area contributed by atoms with Crippen molar-refractivity contribution in [3.63, 3.8) is 0 Å². The fraction of sp³-hybridized carbons (Fsp3) is 0.417. The van der Waals surface area contributed by atoms with Crippen LogP contribution in [0.3, 0.4) is 0 Å². The third-order valence-electron chi connectivity index (χ3n) is 5.22. The van der Waals surface area contributed by atoms with E-state index in [0.29, 0.717) is 29.4 Å². The second-order valence-corrected chi connectivity index (χ2v) is 10.2. The van der Waals surface area contributed by atoms with E-state index in [-0.39, 0.29) is 12.5 Å². The van der Waals surface area contributed by atoms with Crippen molar-refractivity contribution in [2.75, 3.05) is 30.8 Å². The molecule has 1 N–H and O–H groups in total. The van der Waals surface area contributed by atoms with E-state index in [1.165, 1.54) is 12.0 Å². The number of halogens is 1. The van der Waals surface area contributed by atoms with Gasteiger partial charge in [0.05, 0.1) is 19.1 Å². The molecule has 186 valence electrons. The first-order chi connectivity index (χ1) is 16.1. The first-order valence-corrected chi connectivity index (χ1v) is 13.3. The minimum Gasteiger partial charge on any atom is -0.497 e. The van der Waals surface area contributed by atoms with E-state index >= 15 is 0 Å². The number of carbonyl (C=O) groups excluding carboxylic acids is 2. The highest BCUT2D eigenvalue weighted by Gasteiger charge is 2.31. The largest absolute Gasteiger partial charge is 0.497 e. The summed E-state index contributed by atoms with van der Waals surface area (Å²) in [7, 11) is -2.33. The Labute approximate surface area is 206 Å². The number of methoxy groups -OCH3 is 1. The van der Waals surface area contributed by atoms with Crippen molar-refractivity contribution in [3.8, 4) is 5.75 Å². The molecular weight excluding hydrogens is 478 g/mol. The Morgan fingerprint density at radius 2 is 1.79 bits per heavy atom. The minimum atomic E-state index is -3.80. The molecule has 1 atom stereocenters. The normalized spacial score (nSPS) is 12.0. The number of nitrogens with zero attached hydrogens (tertiary/aromatic N) is 2. The lowest BCUT2D eigenvalue weighted by Gasteiger charge is -2.33. The van der Waals surface area contributed by atoms with Crippen molar-refractivity contribution in [2.45, 2.75) is 39.3 Å². The molecule has 0 saturated heterocycles. The van der Waals surface area contributed by atoms with E-state index in [4.69, 9.17) is 16.3 Å². The molecule has 0 spiro atoms. The van der Waals surface area contributed by atoms with E-state index in [0.717, 1.165) is 22.5 Å². The molecule has 0 aliphatic rings. The number of carbonyl (C=O) groups is 2. The van der Waals surface area contributed by atoms with E-state index < -0.39 is 28.5 Å². The van der Waals surface area contributed by atoms with Gasteiger partial charge in [-0.1, -0.05) is 43.6 Å². The molecule has 8 nitrogen and oxygen atoms in total. The lowest BCUT2D eigenvalue weighted by Crippen LogP contribution is -2.52. The van der Waals surface area contributed by atoms with Gasteiger partial charge in [0.2, 0.25) is 21.8 Å². The second-order valence-electron chi connectivity index (χ2n) is 7.83. The van der Waals surface area contributed by atoms with Crippen LogP contribution < -0.4 is 14.4 Å². The first kappa shape index (κ1) is 27.5. The molecule has 0 unspecified atom stereocenters. The van der Waals surface area contributed by atoms with Gasteiger partial charge in [-0.15, -0.1) is 0 Å². The lowest BCUT2D eigenvalue weighted by molar-refractivity contribution is -0.140. The SMILES string of the molecule is CCCNC(=O)[C@H](CC)N(Cc1ccc(Cl)cc1)C(=O)CN(c1cccc(OC)c1)S(C)(=O)=O. The van der Waals surface area contributed by atoms with Crippen molar-refractivity contribution in [1.82, 2.24) is 10.2 Å². The summed E-state index contributed by atoms with van der Waals surface area (Å²) in [6, 6.07) is 12.7. The molecule has 10 heteroatoms. The Kier molecular flexibility index (Phi) is 10.2. The second kappa shape index (κ2) is 12.6. The summed E-state index contributed by atoms with van der Waals surface area (Å²) in [6.45, 7) is 3.91. The highest BCUT2D eigenvalue weighted by Crippen LogP contribution is 2.24. The average Bonchev–Trinajstić information content (AvgIpc) is 2.81. The fourth-order valence-electron chi connectivity index (χ4n) is 3.45. The standard InChI is InChI=1S/C24H32ClN3O5S/c1-5-14-26-24(30)22(6-2)27(16-18-10-12-19(25)13-11-18)23(29)17-28(34(4,31)32)20-8-7-9-21(15-20)33-3/h7-13,15,22H,5-6,14,16-17H2,1-4H3,(H,26,30)/t22-/m0/s1. The van der Waals surface area contributed by atoms with Gasteiger partial charge in [-0.25, -0.2) is 8.42 Å². The van der Waals surface area contributed by atoms with Crippen LogP contribution in [0.1, 0.15) is 32.3 Å². The highest BCUT2D eigenvalue weighted by atomic mass is 35.5. The van der Waals surface area contributed by atoms with Crippen molar-refractivity contribution in [1.29, 1.82) is 0 Å². The van der Waals surface area contributed by atoms with Crippen molar-refractivity contribution >= 4 is 39.1 Å². The predicted molar refractivity (Wildman–Crippen MR) is 135 cm³/mol. The van der Waals surface area contributed by atoms with Gasteiger partial charge < -0.3 is 15.0 Å². The average molecular weight is 510 g/mol. The van der Waals surface area contributed by atoms with Crippen LogP contribution in [0.4, 0.5) is 5.69 Å². The van der Waals surface area contributed by atoms with E-state index in [1.54, 1.807) is 48.5 Å². The van der Waals surface area contributed by atoms with Gasteiger partial charge in [-0.05, 0) is 42.7 Å². The quantitative estimate of drug-likeness (QED) is 0.472. The third-order valence-corrected chi connectivity index (χ3v) is 6.61. The summed E-state index contributed by atoms with van der Waals surface area (Å²) in [6.07, 6.45) is 2.16. The van der Waals surface area contributed by atoms with Gasteiger partial charge in [0.25, 0.3) is 0 Å². The van der Waals surface area contributed by atoms with Crippen molar-refractivity contribution in [3.05, 3.63) is 59.1 Å². The molecule has 0 fully saturated rings. The van der Waals surface area contributed by atoms with E-state index in [1.807, 2.05) is 13.8 Å². The van der Waals surface area contributed by atoms with Crippen LogP contribution in [0, 0.1) is 0 Å². The molecule has 0 bridgehead atoms. The minimum absolute atomic E-state index is 0.129. The Morgan fingerprint density at radius 1 is 1.12 bits per heavy atom. The van der Waals surface area contributed by atoms with Crippen molar-refractivity contribution < 1.29 is 22.7 Å². The summed E-state index contributed by atoms with van der Waals surface area (Å²) >= 11 is 5.99. The summed E-state index contributed by atoms with van der Waals surface area (Å²) < 4.78 is 31.5. The number of benzene rings is 2. The molecule has 2 aromatic rings. The molecule has 0 saturated carbocycles. The number of hydrogen-bond donors (Lipinski definition) is 1. The van der Waals surface area contributed by atoms with Crippen LogP contribution in [0.15, 0.2) is 48.5 Å². The van der Waals surface area contributed by atoms with E-state index in [9.17, 15) is 18.0 Å². The fourth-order valence-corrected chi connectivity index (χ4v) is 4.42. The molecule has 2 rings (SSSR count). The van der Waals surface area contributed by atoms with Gasteiger partial charge in [-0.2, -0.15) is 0 Å². The first-order valence-electron chi connectivity index (χ1n) is 11.0. The van der Waals surface area contributed by atoms with Crippen LogP contribution >= 0.6 is 11.6 Å². The van der Waals surface area contributed by atoms with Gasteiger partial charge in [-0.3, -0.25) is 13.9 Å². The lowest BCUT2D eigenvalue weighted by atomic mass is 10.1. The Hall–Kier alpha value is -2.78. The zero-order valence-corrected chi connectivity index (χ0v) is 21.5. The Balaban J connectivity index is 2.42. The maximum atomic E-state index is 13.6. The van der Waals surface area contributed by atoms with E-state index in [2.05, 4.69) is 5.32 Å². The summed E-state index contributed by atoms with van der Waals surface area (Å²) in [5.74, 6) is -0.317. The van der Waals surface area contributed by atoms with Crippen LogP contribution in [0.2, 0.25) is 5.02 Å². The van der Waals surface area contributed by atoms with Crippen LogP contribution in [-0.2, 0) is 26.2 Å². The molecule has 2 amide bonds. The number of hydrogen-bond acceptors (Lipinski definition) is 5. The van der Waals surface area contributed by atoms with Crippen LogP contribution in [0.5, 0.6) is 5.75 Å². The summed E-state index contributed by atoms with van der Waals surface area (Å²) in [5, 5.41) is 3.39. The third kappa shape index (κ3) is 7.63. The van der Waals surface area contributed by atoms with Crippen molar-refractivity contribution in [2.24, 2.45) is 0 Å². The number of nitrogens with one attached hydrogen (secondary N) is 1. The van der Waals surface area contributed by atoms with Gasteiger partial charge in [0, 0.05) is 24.2 Å². The number of anilines is 1.